The van der Waals surface area contributed by atoms with E-state index in [1.165, 1.54) is 11.8 Å². The molecule has 1 unspecified atom stereocenters. The molecule has 1 amide bonds. The highest BCUT2D eigenvalue weighted by Gasteiger charge is 2.23. The molecule has 0 saturated heterocycles. The predicted molar refractivity (Wildman–Crippen MR) is 131 cm³/mol. The smallest absolute Gasteiger partial charge is 0.267 e. The summed E-state index contributed by atoms with van der Waals surface area (Å²) in [5, 5.41) is 15.7. The monoisotopic (exact) mass is 474 g/mol. The molecule has 0 fully saturated rings. The van der Waals surface area contributed by atoms with Gasteiger partial charge in [-0.05, 0) is 51.5 Å². The predicted octanol–water partition coefficient (Wildman–Crippen LogP) is 4.07. The maximum Gasteiger partial charge on any atom is 0.267 e. The van der Waals surface area contributed by atoms with Crippen LogP contribution < -0.4 is 10.9 Å². The molecule has 0 aliphatic rings. The Labute approximate surface area is 198 Å². The lowest BCUT2D eigenvalue weighted by molar-refractivity contribution is -0.115. The number of carbonyl (C=O) groups excluding carboxylic acids is 1. The van der Waals surface area contributed by atoms with Crippen molar-refractivity contribution in [3.05, 3.63) is 75.7 Å². The number of hydrogen-bond donors (Lipinski definition) is 1. The molecule has 1 N–H and O–H groups in total. The molecule has 172 valence electrons. The zero-order chi connectivity index (χ0) is 24.0. The van der Waals surface area contributed by atoms with Crippen LogP contribution in [0.3, 0.4) is 0 Å². The molecule has 0 bridgehead atoms. The molecule has 34 heavy (non-hydrogen) atoms. The second kappa shape index (κ2) is 8.45. The molecule has 10 heteroatoms. The highest BCUT2D eigenvalue weighted by molar-refractivity contribution is 8.00. The SMILES string of the molecule is Cc1ccc(-n2c(=O)c3ccccc3n3c(SC(C)C(=O)Nc4cc(C)no4)nnc23)c(C)c1. The third kappa shape index (κ3) is 3.75. The van der Waals surface area contributed by atoms with Crippen LogP contribution in [0, 0.1) is 20.8 Å². The number of hydrogen-bond acceptors (Lipinski definition) is 7. The van der Waals surface area contributed by atoms with Gasteiger partial charge in [-0.15, -0.1) is 10.2 Å². The van der Waals surface area contributed by atoms with E-state index in [0.29, 0.717) is 27.5 Å². The van der Waals surface area contributed by atoms with Crippen molar-refractivity contribution in [1.82, 2.24) is 24.3 Å². The van der Waals surface area contributed by atoms with Crippen LogP contribution in [0.25, 0.3) is 22.4 Å². The fraction of sp³-hybridized carbons (Fsp3) is 0.208. The van der Waals surface area contributed by atoms with Crippen LogP contribution in [0.1, 0.15) is 23.7 Å². The summed E-state index contributed by atoms with van der Waals surface area (Å²) in [6.07, 6.45) is 0. The minimum Gasteiger partial charge on any atom is -0.338 e. The molecular formula is C24H22N6O3S. The van der Waals surface area contributed by atoms with Gasteiger partial charge in [0.2, 0.25) is 17.6 Å². The fourth-order valence-electron chi connectivity index (χ4n) is 3.89. The molecule has 5 aromatic rings. The third-order valence-corrected chi connectivity index (χ3v) is 6.56. The van der Waals surface area contributed by atoms with Crippen molar-refractivity contribution >= 4 is 40.2 Å². The average molecular weight is 475 g/mol. The van der Waals surface area contributed by atoms with Crippen LogP contribution >= 0.6 is 11.8 Å². The number of aromatic nitrogens is 5. The first-order chi connectivity index (χ1) is 16.3. The van der Waals surface area contributed by atoms with Crippen LogP contribution in [0.4, 0.5) is 5.88 Å². The minimum atomic E-state index is -0.516. The van der Waals surface area contributed by atoms with E-state index >= 15 is 0 Å². The van der Waals surface area contributed by atoms with Crippen molar-refractivity contribution in [2.75, 3.05) is 5.32 Å². The number of amides is 1. The van der Waals surface area contributed by atoms with Gasteiger partial charge in [0.25, 0.3) is 5.56 Å². The van der Waals surface area contributed by atoms with Gasteiger partial charge in [0, 0.05) is 6.07 Å². The van der Waals surface area contributed by atoms with Crippen molar-refractivity contribution in [3.8, 4) is 5.69 Å². The molecule has 0 spiro atoms. The molecule has 0 saturated carbocycles. The van der Waals surface area contributed by atoms with Gasteiger partial charge < -0.3 is 4.52 Å². The fourth-order valence-corrected chi connectivity index (χ4v) is 4.74. The average Bonchev–Trinajstić information content (AvgIpc) is 3.41. The lowest BCUT2D eigenvalue weighted by Crippen LogP contribution is -2.24. The summed E-state index contributed by atoms with van der Waals surface area (Å²) < 4.78 is 8.49. The van der Waals surface area contributed by atoms with Gasteiger partial charge >= 0.3 is 0 Å². The second-order valence-corrected chi connectivity index (χ2v) is 9.46. The summed E-state index contributed by atoms with van der Waals surface area (Å²) in [6.45, 7) is 7.52. The van der Waals surface area contributed by atoms with Crippen LogP contribution in [0.15, 0.2) is 63.0 Å². The lowest BCUT2D eigenvalue weighted by atomic mass is 10.1. The highest BCUT2D eigenvalue weighted by Crippen LogP contribution is 2.27. The Morgan fingerprint density at radius 1 is 1.09 bits per heavy atom. The van der Waals surface area contributed by atoms with Crippen LogP contribution in [0.2, 0.25) is 0 Å². The molecule has 3 aromatic heterocycles. The summed E-state index contributed by atoms with van der Waals surface area (Å²) in [5.74, 6) is 0.414. The number of aryl methyl sites for hydroxylation is 3. The van der Waals surface area contributed by atoms with E-state index in [9.17, 15) is 9.59 Å². The lowest BCUT2D eigenvalue weighted by Gasteiger charge is -2.14. The highest BCUT2D eigenvalue weighted by atomic mass is 32.2. The first kappa shape index (κ1) is 21.9. The van der Waals surface area contributed by atoms with E-state index in [4.69, 9.17) is 4.52 Å². The third-order valence-electron chi connectivity index (χ3n) is 5.51. The van der Waals surface area contributed by atoms with E-state index in [2.05, 4.69) is 20.7 Å². The normalized spacial score (nSPS) is 12.4. The Morgan fingerprint density at radius 2 is 1.88 bits per heavy atom. The molecule has 0 aliphatic carbocycles. The van der Waals surface area contributed by atoms with Crippen LogP contribution in [0.5, 0.6) is 0 Å². The number of carbonyl (C=O) groups is 1. The van der Waals surface area contributed by atoms with Gasteiger partial charge in [0.1, 0.15) is 0 Å². The Morgan fingerprint density at radius 3 is 2.62 bits per heavy atom. The summed E-state index contributed by atoms with van der Waals surface area (Å²) >= 11 is 1.24. The van der Waals surface area contributed by atoms with E-state index in [1.54, 1.807) is 30.5 Å². The Bertz CT molecular complexity index is 1620. The summed E-state index contributed by atoms with van der Waals surface area (Å²) in [6, 6.07) is 14.9. The van der Waals surface area contributed by atoms with E-state index in [0.717, 1.165) is 16.8 Å². The quantitative estimate of drug-likeness (QED) is 0.383. The number of thioether (sulfide) groups is 1. The molecule has 0 aliphatic heterocycles. The van der Waals surface area contributed by atoms with Crippen molar-refractivity contribution in [3.63, 3.8) is 0 Å². The topological polar surface area (TPSA) is 107 Å². The van der Waals surface area contributed by atoms with Crippen LogP contribution in [-0.4, -0.2) is 35.5 Å². The standard InChI is InChI=1S/C24H22N6O3S/c1-13-9-10-18(14(2)11-13)29-22(32)17-7-5-6-8-19(17)30-23(29)26-27-24(30)34-16(4)21(31)25-20-12-15(3)28-33-20/h5-12,16H,1-4H3,(H,25,31). The molecule has 5 rings (SSSR count). The number of para-hydroxylation sites is 1. The van der Waals surface area contributed by atoms with Crippen molar-refractivity contribution in [1.29, 1.82) is 0 Å². The van der Waals surface area contributed by atoms with E-state index in [1.807, 2.05) is 54.6 Å². The first-order valence-corrected chi connectivity index (χ1v) is 11.6. The van der Waals surface area contributed by atoms with Crippen molar-refractivity contribution in [2.45, 2.75) is 38.1 Å². The minimum absolute atomic E-state index is 0.175. The molecule has 1 atom stereocenters. The summed E-state index contributed by atoms with van der Waals surface area (Å²) in [5.41, 5.74) is 3.97. The van der Waals surface area contributed by atoms with Gasteiger partial charge in [-0.3, -0.25) is 19.3 Å². The van der Waals surface area contributed by atoms with Gasteiger partial charge in [-0.25, -0.2) is 4.57 Å². The zero-order valence-electron chi connectivity index (χ0n) is 19.1. The molecule has 0 radical (unpaired) electrons. The van der Waals surface area contributed by atoms with E-state index < -0.39 is 5.25 Å². The van der Waals surface area contributed by atoms with Gasteiger partial charge in [0.15, 0.2) is 5.16 Å². The number of benzene rings is 2. The maximum absolute atomic E-state index is 13.5. The number of fused-ring (bicyclic) bond motifs is 3. The van der Waals surface area contributed by atoms with Crippen molar-refractivity contribution in [2.24, 2.45) is 0 Å². The molecule has 3 heterocycles. The number of nitrogens with one attached hydrogen (secondary N) is 1. The van der Waals surface area contributed by atoms with Gasteiger partial charge in [0.05, 0.1) is 27.5 Å². The second-order valence-electron chi connectivity index (χ2n) is 8.15. The first-order valence-electron chi connectivity index (χ1n) is 10.7. The summed E-state index contributed by atoms with van der Waals surface area (Å²) in [4.78, 5) is 26.3. The summed E-state index contributed by atoms with van der Waals surface area (Å²) in [7, 11) is 0. The van der Waals surface area contributed by atoms with Gasteiger partial charge in [-0.1, -0.05) is 46.7 Å². The number of nitrogens with zero attached hydrogens (tertiary/aromatic N) is 5. The zero-order valence-corrected chi connectivity index (χ0v) is 19.9. The number of anilines is 1. The van der Waals surface area contributed by atoms with Crippen LogP contribution in [-0.2, 0) is 4.79 Å². The molecule has 2 aromatic carbocycles. The van der Waals surface area contributed by atoms with Crippen molar-refractivity contribution < 1.29 is 9.32 Å². The molecule has 9 nitrogen and oxygen atoms in total. The largest absolute Gasteiger partial charge is 0.338 e. The Hall–Kier alpha value is -3.92. The van der Waals surface area contributed by atoms with E-state index in [-0.39, 0.29) is 17.4 Å². The number of rotatable bonds is 5. The maximum atomic E-state index is 13.5. The van der Waals surface area contributed by atoms with Gasteiger partial charge in [-0.2, -0.15) is 0 Å². The molecular weight excluding hydrogens is 452 g/mol. The Balaban J connectivity index is 1.63. The Kier molecular flexibility index (Phi) is 5.45.